The van der Waals surface area contributed by atoms with Gasteiger partial charge in [0.1, 0.15) is 0 Å². The van der Waals surface area contributed by atoms with Crippen LogP contribution < -0.4 is 0 Å². The monoisotopic (exact) mass is 282 g/mol. The molecular weight excluding hydrogens is 265 g/mol. The number of aliphatic hydroxyl groups is 1. The molecule has 0 radical (unpaired) electrons. The van der Waals surface area contributed by atoms with Crippen LogP contribution in [-0.2, 0) is 6.42 Å². The molecule has 1 nitrogen and oxygen atoms in total. The molecular formula is C16H17F3O. The third-order valence-electron chi connectivity index (χ3n) is 3.45. The summed E-state index contributed by atoms with van der Waals surface area (Å²) in [5, 5.41) is 10.8. The highest BCUT2D eigenvalue weighted by atomic mass is 19.4. The van der Waals surface area contributed by atoms with Crippen molar-refractivity contribution in [2.75, 3.05) is 0 Å². The Hall–Kier alpha value is -1.55. The molecule has 1 atom stereocenters. The van der Waals surface area contributed by atoms with Crippen LogP contribution in [0.3, 0.4) is 0 Å². The van der Waals surface area contributed by atoms with Crippen molar-refractivity contribution in [1.29, 1.82) is 0 Å². The van der Waals surface area contributed by atoms with Gasteiger partial charge in [-0.1, -0.05) is 49.7 Å². The maximum Gasteiger partial charge on any atom is 0.418 e. The van der Waals surface area contributed by atoms with Crippen LogP contribution in [0.5, 0.6) is 0 Å². The number of benzene rings is 2. The smallest absolute Gasteiger partial charge is 0.379 e. The van der Waals surface area contributed by atoms with Gasteiger partial charge in [-0.15, -0.1) is 0 Å². The maximum atomic E-state index is 12.7. The van der Waals surface area contributed by atoms with E-state index in [9.17, 15) is 18.3 Å². The molecule has 0 saturated carbocycles. The number of aryl methyl sites for hydroxylation is 1. The summed E-state index contributed by atoms with van der Waals surface area (Å²) in [5.74, 6) is 0. The number of halogens is 3. The fraction of sp³-hybridized carbons (Fsp3) is 0.375. The van der Waals surface area contributed by atoms with Crippen LogP contribution >= 0.6 is 0 Å². The summed E-state index contributed by atoms with van der Waals surface area (Å²) >= 11 is 0. The van der Waals surface area contributed by atoms with Gasteiger partial charge in [0.2, 0.25) is 0 Å². The Morgan fingerprint density at radius 2 is 1.70 bits per heavy atom. The highest BCUT2D eigenvalue weighted by molar-refractivity contribution is 5.89. The van der Waals surface area contributed by atoms with Crippen LogP contribution in [0, 0.1) is 0 Å². The maximum absolute atomic E-state index is 12.7. The number of hydrogen-bond acceptors (Lipinski definition) is 1. The van der Waals surface area contributed by atoms with Gasteiger partial charge in [0.15, 0.2) is 6.10 Å². The number of hydrogen-bond donors (Lipinski definition) is 1. The fourth-order valence-electron chi connectivity index (χ4n) is 2.40. The Balaban J connectivity index is 2.53. The first-order chi connectivity index (χ1) is 9.45. The van der Waals surface area contributed by atoms with Crippen molar-refractivity contribution in [2.45, 2.75) is 38.5 Å². The SMILES string of the molecule is CCCCc1cccc2c(C(O)C(F)(F)F)cccc12. The second kappa shape index (κ2) is 5.83. The summed E-state index contributed by atoms with van der Waals surface area (Å²) in [6.45, 7) is 2.07. The number of unbranched alkanes of at least 4 members (excludes halogenated alkanes) is 1. The topological polar surface area (TPSA) is 20.2 Å². The minimum atomic E-state index is -4.65. The molecule has 0 amide bonds. The Bertz CT molecular complexity index is 590. The predicted octanol–water partition coefficient (Wildman–Crippen LogP) is 4.78. The minimum absolute atomic E-state index is 0.0756. The average molecular weight is 282 g/mol. The summed E-state index contributed by atoms with van der Waals surface area (Å²) in [6, 6.07) is 10.0. The first kappa shape index (κ1) is 14.9. The fourth-order valence-corrected chi connectivity index (χ4v) is 2.40. The highest BCUT2D eigenvalue weighted by Crippen LogP contribution is 2.36. The largest absolute Gasteiger partial charge is 0.418 e. The van der Waals surface area contributed by atoms with Crippen molar-refractivity contribution < 1.29 is 18.3 Å². The van der Waals surface area contributed by atoms with Crippen LogP contribution in [-0.4, -0.2) is 11.3 Å². The summed E-state index contributed by atoms with van der Waals surface area (Å²) in [6.07, 6.45) is -4.23. The van der Waals surface area contributed by atoms with E-state index >= 15 is 0 Å². The molecule has 0 fully saturated rings. The molecule has 20 heavy (non-hydrogen) atoms. The first-order valence-corrected chi connectivity index (χ1v) is 6.70. The lowest BCUT2D eigenvalue weighted by Crippen LogP contribution is -2.20. The van der Waals surface area contributed by atoms with Gasteiger partial charge in [0.25, 0.3) is 0 Å². The van der Waals surface area contributed by atoms with Gasteiger partial charge in [-0.2, -0.15) is 13.2 Å². The normalized spacial score (nSPS) is 13.7. The van der Waals surface area contributed by atoms with Gasteiger partial charge < -0.3 is 5.11 Å². The zero-order chi connectivity index (χ0) is 14.8. The van der Waals surface area contributed by atoms with Gasteiger partial charge in [-0.3, -0.25) is 0 Å². The zero-order valence-corrected chi connectivity index (χ0v) is 11.2. The number of rotatable bonds is 4. The number of alkyl halides is 3. The Morgan fingerprint density at radius 1 is 1.05 bits per heavy atom. The lowest BCUT2D eigenvalue weighted by molar-refractivity contribution is -0.206. The molecule has 0 saturated heterocycles. The molecule has 1 unspecified atom stereocenters. The van der Waals surface area contributed by atoms with Crippen molar-refractivity contribution in [2.24, 2.45) is 0 Å². The van der Waals surface area contributed by atoms with Crippen molar-refractivity contribution in [3.05, 3.63) is 47.5 Å². The summed E-state index contributed by atoms with van der Waals surface area (Å²) in [7, 11) is 0. The van der Waals surface area contributed by atoms with Gasteiger partial charge in [-0.25, -0.2) is 0 Å². The van der Waals surface area contributed by atoms with Gasteiger partial charge in [0, 0.05) is 0 Å². The minimum Gasteiger partial charge on any atom is -0.379 e. The van der Waals surface area contributed by atoms with E-state index in [0.29, 0.717) is 5.39 Å². The number of aliphatic hydroxyl groups excluding tert-OH is 1. The predicted molar refractivity (Wildman–Crippen MR) is 73.6 cm³/mol. The van der Waals surface area contributed by atoms with Crippen molar-refractivity contribution in [1.82, 2.24) is 0 Å². The van der Waals surface area contributed by atoms with E-state index in [0.717, 1.165) is 30.2 Å². The molecule has 0 aromatic heterocycles. The van der Waals surface area contributed by atoms with E-state index in [1.165, 1.54) is 6.07 Å². The number of fused-ring (bicyclic) bond motifs is 1. The molecule has 2 rings (SSSR count). The molecule has 108 valence electrons. The second-order valence-corrected chi connectivity index (χ2v) is 4.91. The third kappa shape index (κ3) is 2.96. The highest BCUT2D eigenvalue weighted by Gasteiger charge is 2.40. The van der Waals surface area contributed by atoms with E-state index in [1.54, 1.807) is 18.2 Å². The van der Waals surface area contributed by atoms with Crippen molar-refractivity contribution >= 4 is 10.8 Å². The third-order valence-corrected chi connectivity index (χ3v) is 3.45. The van der Waals surface area contributed by atoms with Crippen LogP contribution in [0.25, 0.3) is 10.8 Å². The van der Waals surface area contributed by atoms with E-state index in [2.05, 4.69) is 6.92 Å². The standard InChI is InChI=1S/C16H17F3O/c1-2-3-6-11-7-4-9-13-12(11)8-5-10-14(13)15(20)16(17,18)19/h4-5,7-10,15,20H,2-3,6H2,1H3. The first-order valence-electron chi connectivity index (χ1n) is 6.70. The Labute approximate surface area is 116 Å². The van der Waals surface area contributed by atoms with Gasteiger partial charge in [-0.05, 0) is 34.7 Å². The zero-order valence-electron chi connectivity index (χ0n) is 11.2. The molecule has 0 aliphatic rings. The van der Waals surface area contributed by atoms with Gasteiger partial charge in [0.05, 0.1) is 0 Å². The quantitative estimate of drug-likeness (QED) is 0.855. The van der Waals surface area contributed by atoms with E-state index in [4.69, 9.17) is 0 Å². The van der Waals surface area contributed by atoms with Crippen LogP contribution in [0.1, 0.15) is 37.0 Å². The Kier molecular flexibility index (Phi) is 4.33. The molecule has 0 heterocycles. The Morgan fingerprint density at radius 3 is 2.35 bits per heavy atom. The average Bonchev–Trinajstić information content (AvgIpc) is 2.42. The molecule has 2 aromatic rings. The molecule has 2 aromatic carbocycles. The van der Waals surface area contributed by atoms with Crippen molar-refractivity contribution in [3.8, 4) is 0 Å². The molecule has 0 bridgehead atoms. The molecule has 0 aliphatic carbocycles. The van der Waals surface area contributed by atoms with E-state index < -0.39 is 12.3 Å². The van der Waals surface area contributed by atoms with Crippen LogP contribution in [0.2, 0.25) is 0 Å². The van der Waals surface area contributed by atoms with Crippen LogP contribution in [0.15, 0.2) is 36.4 Å². The van der Waals surface area contributed by atoms with Gasteiger partial charge >= 0.3 is 6.18 Å². The molecule has 0 spiro atoms. The van der Waals surface area contributed by atoms with Crippen molar-refractivity contribution in [3.63, 3.8) is 0 Å². The summed E-state index contributed by atoms with van der Waals surface area (Å²) in [5.41, 5.74) is 0.953. The lowest BCUT2D eigenvalue weighted by Gasteiger charge is -2.17. The molecule has 4 heteroatoms. The molecule has 1 N–H and O–H groups in total. The second-order valence-electron chi connectivity index (χ2n) is 4.91. The molecule has 0 aliphatic heterocycles. The van der Waals surface area contributed by atoms with E-state index in [-0.39, 0.29) is 5.56 Å². The van der Waals surface area contributed by atoms with Crippen LogP contribution in [0.4, 0.5) is 13.2 Å². The van der Waals surface area contributed by atoms with E-state index in [1.807, 2.05) is 12.1 Å². The summed E-state index contributed by atoms with van der Waals surface area (Å²) in [4.78, 5) is 0. The lowest BCUT2D eigenvalue weighted by atomic mass is 9.95. The summed E-state index contributed by atoms with van der Waals surface area (Å²) < 4.78 is 38.1.